The van der Waals surface area contributed by atoms with Crippen LogP contribution in [0.1, 0.15) is 29.8 Å². The first-order chi connectivity index (χ1) is 16.9. The number of hydrogen-bond donors (Lipinski definition) is 1. The van der Waals surface area contributed by atoms with Crippen LogP contribution in [0, 0.1) is 0 Å². The number of Topliss-reactive ketones (excluding diaryl/α,β-unsaturated/α-hetero) is 1. The fourth-order valence-electron chi connectivity index (χ4n) is 4.33. The molecule has 1 N–H and O–H groups in total. The Morgan fingerprint density at radius 3 is 2.33 bits per heavy atom. The van der Waals surface area contributed by atoms with Gasteiger partial charge in [-0.2, -0.15) is 4.31 Å². The molecule has 36 heavy (non-hydrogen) atoms. The smallest absolute Gasteiger partial charge is 0.325 e. The summed E-state index contributed by atoms with van der Waals surface area (Å²) in [5.41, 5.74) is -0.447. The van der Waals surface area contributed by atoms with Crippen molar-refractivity contribution in [1.82, 2.24) is 19.4 Å². The summed E-state index contributed by atoms with van der Waals surface area (Å²) in [6.45, 7) is 2.81. The van der Waals surface area contributed by atoms with Gasteiger partial charge in [-0.25, -0.2) is 13.2 Å². The summed E-state index contributed by atoms with van der Waals surface area (Å²) < 4.78 is 28.0. The number of piperazine rings is 1. The number of rotatable bonds is 6. The number of halogens is 1. The fourth-order valence-corrected chi connectivity index (χ4v) is 6.48. The molecule has 0 spiro atoms. The normalized spacial score (nSPS) is 21.0. The molecule has 2 fully saturated rings. The van der Waals surface area contributed by atoms with E-state index >= 15 is 0 Å². The lowest BCUT2D eigenvalue weighted by Crippen LogP contribution is -2.53. The van der Waals surface area contributed by atoms with Gasteiger partial charge < -0.3 is 10.2 Å². The van der Waals surface area contributed by atoms with Gasteiger partial charge in [-0.3, -0.25) is 19.3 Å². The number of imide groups is 1. The summed E-state index contributed by atoms with van der Waals surface area (Å²) in [6.07, 6.45) is 0. The van der Waals surface area contributed by atoms with Gasteiger partial charge >= 0.3 is 6.03 Å². The Morgan fingerprint density at radius 2 is 1.69 bits per heavy atom. The summed E-state index contributed by atoms with van der Waals surface area (Å²) >= 11 is 3.40. The van der Waals surface area contributed by atoms with Gasteiger partial charge in [0.1, 0.15) is 12.1 Å². The van der Waals surface area contributed by atoms with Crippen LogP contribution >= 0.6 is 15.9 Å². The van der Waals surface area contributed by atoms with Crippen LogP contribution in [0.5, 0.6) is 0 Å². The van der Waals surface area contributed by atoms with Crippen molar-refractivity contribution in [3.8, 4) is 0 Å². The van der Waals surface area contributed by atoms with Gasteiger partial charge in [0.2, 0.25) is 15.9 Å². The molecule has 0 saturated carbocycles. The van der Waals surface area contributed by atoms with E-state index in [9.17, 15) is 27.6 Å². The largest absolute Gasteiger partial charge is 0.338 e. The molecule has 2 heterocycles. The van der Waals surface area contributed by atoms with Crippen LogP contribution in [0.2, 0.25) is 0 Å². The molecule has 2 aliphatic rings. The van der Waals surface area contributed by atoms with Crippen LogP contribution in [0.25, 0.3) is 0 Å². The van der Waals surface area contributed by atoms with E-state index in [1.807, 2.05) is 0 Å². The Morgan fingerprint density at radius 1 is 1.03 bits per heavy atom. The molecule has 2 aromatic rings. The van der Waals surface area contributed by atoms with Gasteiger partial charge in [0.05, 0.1) is 4.90 Å². The molecule has 12 heteroatoms. The van der Waals surface area contributed by atoms with Crippen molar-refractivity contribution in [1.29, 1.82) is 0 Å². The van der Waals surface area contributed by atoms with E-state index in [0.717, 1.165) is 4.90 Å². The molecule has 0 aliphatic carbocycles. The number of nitrogens with zero attached hydrogens (tertiary/aromatic N) is 3. The number of carbonyl (C=O) groups excluding carboxylic acids is 4. The number of nitrogens with one attached hydrogen (secondary N) is 1. The van der Waals surface area contributed by atoms with Crippen LogP contribution in [-0.4, -0.2) is 78.9 Å². The Kier molecular flexibility index (Phi) is 7.04. The number of ketones is 1. The highest BCUT2D eigenvalue weighted by Crippen LogP contribution is 2.33. The van der Waals surface area contributed by atoms with E-state index in [2.05, 4.69) is 21.2 Å². The summed E-state index contributed by atoms with van der Waals surface area (Å²) in [5, 5.41) is 2.68. The lowest BCUT2D eigenvalue weighted by molar-refractivity contribution is -0.139. The van der Waals surface area contributed by atoms with Crippen molar-refractivity contribution in [2.75, 3.05) is 32.7 Å². The maximum absolute atomic E-state index is 13.2. The minimum Gasteiger partial charge on any atom is -0.338 e. The first-order valence-electron chi connectivity index (χ1n) is 11.2. The maximum atomic E-state index is 13.2. The third kappa shape index (κ3) is 4.67. The number of benzene rings is 2. The van der Waals surface area contributed by atoms with Crippen LogP contribution in [0.15, 0.2) is 57.9 Å². The van der Waals surface area contributed by atoms with Gasteiger partial charge in [0.15, 0.2) is 5.78 Å². The third-order valence-corrected chi connectivity index (χ3v) is 9.04. The third-order valence-electron chi connectivity index (χ3n) is 6.45. The molecule has 2 aliphatic heterocycles. The highest BCUT2D eigenvalue weighted by atomic mass is 79.9. The van der Waals surface area contributed by atoms with Gasteiger partial charge in [-0.1, -0.05) is 46.3 Å². The molecule has 1 atom stereocenters. The molecule has 2 aromatic carbocycles. The fraction of sp³-hybridized carbons (Fsp3) is 0.333. The van der Waals surface area contributed by atoms with Crippen LogP contribution in [-0.2, 0) is 25.2 Å². The van der Waals surface area contributed by atoms with Gasteiger partial charge in [-0.15, -0.1) is 0 Å². The SMILES string of the molecule is CC(=O)c1cccc(S(=O)(=O)N2CCN(C(=O)CN3C(=O)N[C@@](C)(c4ccccc4Br)C3=O)CC2)c1. The summed E-state index contributed by atoms with van der Waals surface area (Å²) in [5.74, 6) is -1.23. The average molecular weight is 577 g/mol. The zero-order valence-electron chi connectivity index (χ0n) is 19.7. The first kappa shape index (κ1) is 26.0. The van der Waals surface area contributed by atoms with Crippen molar-refractivity contribution in [2.24, 2.45) is 0 Å². The Bertz CT molecular complexity index is 1360. The zero-order valence-corrected chi connectivity index (χ0v) is 22.1. The van der Waals surface area contributed by atoms with Gasteiger partial charge in [0.25, 0.3) is 5.91 Å². The molecule has 0 unspecified atom stereocenters. The predicted molar refractivity (Wildman–Crippen MR) is 134 cm³/mol. The summed E-state index contributed by atoms with van der Waals surface area (Å²) in [7, 11) is -3.85. The molecule has 4 amide bonds. The molecule has 4 rings (SSSR count). The van der Waals surface area contributed by atoms with E-state index in [0.29, 0.717) is 15.6 Å². The molecule has 0 radical (unpaired) electrons. The minimum atomic E-state index is -3.85. The maximum Gasteiger partial charge on any atom is 0.325 e. The van der Waals surface area contributed by atoms with Crippen LogP contribution < -0.4 is 5.32 Å². The number of amides is 4. The van der Waals surface area contributed by atoms with Gasteiger partial charge in [-0.05, 0) is 32.0 Å². The second-order valence-corrected chi connectivity index (χ2v) is 11.6. The second kappa shape index (κ2) is 9.75. The number of sulfonamides is 1. The summed E-state index contributed by atoms with van der Waals surface area (Å²) in [4.78, 5) is 52.7. The van der Waals surface area contributed by atoms with Crippen LogP contribution in [0.4, 0.5) is 4.79 Å². The van der Waals surface area contributed by atoms with E-state index < -0.39 is 40.0 Å². The van der Waals surface area contributed by atoms with Crippen LogP contribution in [0.3, 0.4) is 0 Å². The zero-order chi connectivity index (χ0) is 26.3. The topological polar surface area (TPSA) is 124 Å². The molecular formula is C24H25BrN4O6S. The van der Waals surface area contributed by atoms with E-state index in [4.69, 9.17) is 0 Å². The number of carbonyl (C=O) groups is 4. The Balaban J connectivity index is 1.41. The van der Waals surface area contributed by atoms with Gasteiger partial charge in [0, 0.05) is 41.8 Å². The second-order valence-electron chi connectivity index (χ2n) is 8.80. The molecular weight excluding hydrogens is 552 g/mol. The van der Waals surface area contributed by atoms with Crippen molar-refractivity contribution >= 4 is 49.6 Å². The van der Waals surface area contributed by atoms with Crippen molar-refractivity contribution in [3.05, 3.63) is 64.1 Å². The Labute approximate surface area is 217 Å². The average Bonchev–Trinajstić information content (AvgIpc) is 3.07. The predicted octanol–water partition coefficient (Wildman–Crippen LogP) is 1.95. The highest BCUT2D eigenvalue weighted by molar-refractivity contribution is 9.10. The van der Waals surface area contributed by atoms with E-state index in [-0.39, 0.29) is 36.9 Å². The van der Waals surface area contributed by atoms with E-state index in [1.54, 1.807) is 37.3 Å². The molecule has 190 valence electrons. The molecule has 10 nitrogen and oxygen atoms in total. The first-order valence-corrected chi connectivity index (χ1v) is 13.5. The monoisotopic (exact) mass is 576 g/mol. The standard InChI is InChI=1S/C24H25BrN4O6S/c1-16(30)17-6-5-7-18(14-17)36(34,35)28-12-10-27(11-13-28)21(31)15-29-22(32)24(2,26-23(29)33)19-8-3-4-9-20(19)25/h3-9,14H,10-13,15H2,1-2H3,(H,26,33)/t24-/m0/s1. The number of hydrogen-bond acceptors (Lipinski definition) is 6. The molecule has 0 aromatic heterocycles. The number of urea groups is 1. The Hall–Kier alpha value is -3.09. The van der Waals surface area contributed by atoms with Crippen molar-refractivity contribution < 1.29 is 27.6 Å². The van der Waals surface area contributed by atoms with Crippen molar-refractivity contribution in [3.63, 3.8) is 0 Å². The van der Waals surface area contributed by atoms with E-state index in [1.165, 1.54) is 34.3 Å². The lowest BCUT2D eigenvalue weighted by atomic mass is 9.92. The molecule has 2 saturated heterocycles. The van der Waals surface area contributed by atoms with Crippen molar-refractivity contribution in [2.45, 2.75) is 24.3 Å². The quantitative estimate of drug-likeness (QED) is 0.414. The highest BCUT2D eigenvalue weighted by Gasteiger charge is 2.50. The lowest BCUT2D eigenvalue weighted by Gasteiger charge is -2.34. The summed E-state index contributed by atoms with van der Waals surface area (Å²) in [6, 6.07) is 12.2. The minimum absolute atomic E-state index is 0.0145. The molecule has 0 bridgehead atoms.